The number of halogens is 1. The van der Waals surface area contributed by atoms with Crippen LogP contribution in [-0.2, 0) is 4.79 Å². The Bertz CT molecular complexity index is 703. The molecule has 1 N–H and O–H groups in total. The van der Waals surface area contributed by atoms with E-state index >= 15 is 0 Å². The Labute approximate surface area is 145 Å². The van der Waals surface area contributed by atoms with Crippen molar-refractivity contribution in [1.29, 1.82) is 0 Å². The van der Waals surface area contributed by atoms with Crippen LogP contribution in [0, 0.1) is 11.7 Å². The molecule has 1 aliphatic carbocycles. The van der Waals surface area contributed by atoms with Crippen LogP contribution in [0.3, 0.4) is 0 Å². The van der Waals surface area contributed by atoms with E-state index < -0.39 is 0 Å². The van der Waals surface area contributed by atoms with Crippen molar-refractivity contribution >= 4 is 17.7 Å². The molecule has 1 saturated carbocycles. The summed E-state index contributed by atoms with van der Waals surface area (Å²) in [6.45, 7) is 2.20. The van der Waals surface area contributed by atoms with Gasteiger partial charge in [0.25, 0.3) is 0 Å². The van der Waals surface area contributed by atoms with Crippen LogP contribution in [0.2, 0.25) is 0 Å². The number of aromatic nitrogens is 2. The molecule has 128 valence electrons. The van der Waals surface area contributed by atoms with Crippen molar-refractivity contribution in [2.45, 2.75) is 43.8 Å². The predicted molar refractivity (Wildman–Crippen MR) is 93.8 cm³/mol. The summed E-state index contributed by atoms with van der Waals surface area (Å²) >= 11 is 1.37. The van der Waals surface area contributed by atoms with Crippen LogP contribution in [0.1, 0.15) is 32.6 Å². The predicted octanol–water partition coefficient (Wildman–Crippen LogP) is 3.80. The van der Waals surface area contributed by atoms with Gasteiger partial charge in [0.15, 0.2) is 5.16 Å². The van der Waals surface area contributed by atoms with Crippen LogP contribution in [-0.4, -0.2) is 27.3 Å². The normalized spacial score (nSPS) is 20.8. The smallest absolute Gasteiger partial charge is 0.230 e. The zero-order valence-electron chi connectivity index (χ0n) is 13.7. The molecular formula is C18H22FN3OS. The molecule has 3 rings (SSSR count). The molecule has 24 heavy (non-hydrogen) atoms. The maximum Gasteiger partial charge on any atom is 0.230 e. The Hall–Kier alpha value is -1.82. The molecule has 1 amide bonds. The van der Waals surface area contributed by atoms with Gasteiger partial charge in [-0.25, -0.2) is 9.37 Å². The third-order valence-corrected chi connectivity index (χ3v) is 5.45. The Kier molecular flexibility index (Phi) is 5.56. The number of rotatable bonds is 5. The molecule has 1 aromatic carbocycles. The number of carbonyl (C=O) groups excluding carboxylic acids is 1. The Morgan fingerprint density at radius 3 is 3.04 bits per heavy atom. The van der Waals surface area contributed by atoms with E-state index in [1.807, 2.05) is 6.07 Å². The minimum Gasteiger partial charge on any atom is -0.352 e. The standard InChI is InChI=1S/C18H22FN3OS/c1-13-5-2-3-8-16(13)21-17(23)12-24-18-20-9-10-22(18)15-7-4-6-14(19)11-15/h4,6-7,9-11,13,16H,2-3,5,8,12H2,1H3,(H,21,23)/t13-,16+/m1/s1. The monoisotopic (exact) mass is 347 g/mol. The largest absolute Gasteiger partial charge is 0.352 e. The number of hydrogen-bond donors (Lipinski definition) is 1. The number of hydrogen-bond acceptors (Lipinski definition) is 3. The van der Waals surface area contributed by atoms with Gasteiger partial charge in [-0.1, -0.05) is 37.6 Å². The molecule has 1 aliphatic rings. The Morgan fingerprint density at radius 1 is 1.42 bits per heavy atom. The van der Waals surface area contributed by atoms with Gasteiger partial charge in [0.1, 0.15) is 5.82 Å². The summed E-state index contributed by atoms with van der Waals surface area (Å²) in [4.78, 5) is 16.5. The maximum absolute atomic E-state index is 13.4. The summed E-state index contributed by atoms with van der Waals surface area (Å²) < 4.78 is 15.2. The lowest BCUT2D eigenvalue weighted by atomic mass is 9.86. The molecule has 0 unspecified atom stereocenters. The number of carbonyl (C=O) groups is 1. The van der Waals surface area contributed by atoms with E-state index in [4.69, 9.17) is 0 Å². The summed E-state index contributed by atoms with van der Waals surface area (Å²) in [6.07, 6.45) is 8.13. The third-order valence-electron chi connectivity index (χ3n) is 4.48. The van der Waals surface area contributed by atoms with Gasteiger partial charge < -0.3 is 5.32 Å². The lowest BCUT2D eigenvalue weighted by Gasteiger charge is -2.29. The summed E-state index contributed by atoms with van der Waals surface area (Å²) in [5.41, 5.74) is 0.705. The summed E-state index contributed by atoms with van der Waals surface area (Å²) in [5.74, 6) is 0.603. The molecule has 2 aromatic rings. The molecule has 0 radical (unpaired) electrons. The van der Waals surface area contributed by atoms with E-state index in [9.17, 15) is 9.18 Å². The van der Waals surface area contributed by atoms with Crippen LogP contribution >= 0.6 is 11.8 Å². The SMILES string of the molecule is C[C@@H]1CCCC[C@@H]1NC(=O)CSc1nccn1-c1cccc(F)c1. The van der Waals surface area contributed by atoms with Crippen LogP contribution in [0.15, 0.2) is 41.8 Å². The quantitative estimate of drug-likeness (QED) is 0.837. The highest BCUT2D eigenvalue weighted by Gasteiger charge is 2.22. The average molecular weight is 347 g/mol. The minimum absolute atomic E-state index is 0.0348. The van der Waals surface area contributed by atoms with Crippen molar-refractivity contribution in [1.82, 2.24) is 14.9 Å². The highest BCUT2D eigenvalue weighted by molar-refractivity contribution is 7.99. The zero-order chi connectivity index (χ0) is 16.9. The Morgan fingerprint density at radius 2 is 2.25 bits per heavy atom. The van der Waals surface area contributed by atoms with E-state index in [2.05, 4.69) is 17.2 Å². The second-order valence-electron chi connectivity index (χ2n) is 6.28. The first-order valence-corrected chi connectivity index (χ1v) is 9.33. The molecule has 1 heterocycles. The third kappa shape index (κ3) is 4.17. The van der Waals surface area contributed by atoms with E-state index in [1.54, 1.807) is 23.0 Å². The summed E-state index contributed by atoms with van der Waals surface area (Å²) in [7, 11) is 0. The number of nitrogens with one attached hydrogen (secondary N) is 1. The molecule has 1 aromatic heterocycles. The van der Waals surface area contributed by atoms with E-state index in [1.165, 1.54) is 43.2 Å². The maximum atomic E-state index is 13.4. The van der Waals surface area contributed by atoms with Crippen LogP contribution < -0.4 is 5.32 Å². The van der Waals surface area contributed by atoms with Crippen molar-refractivity contribution < 1.29 is 9.18 Å². The topological polar surface area (TPSA) is 46.9 Å². The number of nitrogens with zero attached hydrogens (tertiary/aromatic N) is 2. The molecule has 0 spiro atoms. The first kappa shape index (κ1) is 17.0. The fourth-order valence-electron chi connectivity index (χ4n) is 3.13. The fraction of sp³-hybridized carbons (Fsp3) is 0.444. The zero-order valence-corrected chi connectivity index (χ0v) is 14.6. The molecule has 0 bridgehead atoms. The molecule has 0 saturated heterocycles. The summed E-state index contributed by atoms with van der Waals surface area (Å²) in [5, 5.41) is 3.83. The second kappa shape index (κ2) is 7.83. The number of thioether (sulfide) groups is 1. The molecular weight excluding hydrogens is 325 g/mol. The van der Waals surface area contributed by atoms with Gasteiger partial charge in [-0.15, -0.1) is 0 Å². The van der Waals surface area contributed by atoms with Crippen molar-refractivity contribution in [2.75, 3.05) is 5.75 Å². The first-order chi connectivity index (χ1) is 11.6. The molecule has 4 nitrogen and oxygen atoms in total. The number of imidazole rings is 1. The van der Waals surface area contributed by atoms with Gasteiger partial charge in [0.05, 0.1) is 11.4 Å². The highest BCUT2D eigenvalue weighted by Crippen LogP contribution is 2.24. The number of benzene rings is 1. The van der Waals surface area contributed by atoms with Crippen molar-refractivity contribution in [2.24, 2.45) is 5.92 Å². The van der Waals surface area contributed by atoms with Gasteiger partial charge >= 0.3 is 0 Å². The van der Waals surface area contributed by atoms with Gasteiger partial charge in [0, 0.05) is 18.4 Å². The van der Waals surface area contributed by atoms with Crippen molar-refractivity contribution in [3.63, 3.8) is 0 Å². The number of amides is 1. The van der Waals surface area contributed by atoms with Gasteiger partial charge in [0.2, 0.25) is 5.91 Å². The molecule has 0 aliphatic heterocycles. The Balaban J connectivity index is 1.59. The molecule has 2 atom stereocenters. The van der Waals surface area contributed by atoms with E-state index in [-0.39, 0.29) is 17.8 Å². The molecule has 6 heteroatoms. The van der Waals surface area contributed by atoms with Crippen LogP contribution in [0.25, 0.3) is 5.69 Å². The van der Waals surface area contributed by atoms with Crippen LogP contribution in [0.4, 0.5) is 4.39 Å². The second-order valence-corrected chi connectivity index (χ2v) is 7.23. The van der Waals surface area contributed by atoms with Crippen LogP contribution in [0.5, 0.6) is 0 Å². The van der Waals surface area contributed by atoms with Crippen molar-refractivity contribution in [3.05, 3.63) is 42.5 Å². The lowest BCUT2D eigenvalue weighted by Crippen LogP contribution is -2.41. The minimum atomic E-state index is -0.291. The van der Waals surface area contributed by atoms with Gasteiger partial charge in [-0.3, -0.25) is 9.36 Å². The highest BCUT2D eigenvalue weighted by atomic mass is 32.2. The van der Waals surface area contributed by atoms with Crippen molar-refractivity contribution in [3.8, 4) is 5.69 Å². The lowest BCUT2D eigenvalue weighted by molar-refractivity contribution is -0.119. The molecule has 1 fully saturated rings. The summed E-state index contributed by atoms with van der Waals surface area (Å²) in [6, 6.07) is 6.63. The van der Waals surface area contributed by atoms with E-state index in [0.29, 0.717) is 22.5 Å². The van der Waals surface area contributed by atoms with E-state index in [0.717, 1.165) is 6.42 Å². The van der Waals surface area contributed by atoms with Gasteiger partial charge in [-0.05, 0) is 37.0 Å². The average Bonchev–Trinajstić information content (AvgIpc) is 3.04. The fourth-order valence-corrected chi connectivity index (χ4v) is 3.91. The van der Waals surface area contributed by atoms with Gasteiger partial charge in [-0.2, -0.15) is 0 Å². The first-order valence-electron chi connectivity index (χ1n) is 8.35.